The first kappa shape index (κ1) is 12.4. The number of anilines is 1. The minimum atomic E-state index is -0.247. The maximum absolute atomic E-state index is 13.5. The van der Waals surface area contributed by atoms with E-state index in [4.69, 9.17) is 5.73 Å². The molecule has 0 amide bonds. The van der Waals surface area contributed by atoms with Gasteiger partial charge in [0, 0.05) is 18.1 Å². The molecule has 0 aliphatic heterocycles. The SMILES string of the molecule is Nc1ccc(C(c2cccc(F)c2)n2ccnc2)cc1. The lowest BCUT2D eigenvalue weighted by Gasteiger charge is -2.20. The number of nitrogens with two attached hydrogens (primary N) is 1. The van der Waals surface area contributed by atoms with E-state index in [2.05, 4.69) is 4.98 Å². The van der Waals surface area contributed by atoms with E-state index in [1.54, 1.807) is 24.7 Å². The lowest BCUT2D eigenvalue weighted by molar-refractivity contribution is 0.615. The second kappa shape index (κ2) is 5.17. The minimum absolute atomic E-state index is 0.117. The number of halogens is 1. The third-order valence-corrected chi connectivity index (χ3v) is 3.24. The van der Waals surface area contributed by atoms with E-state index in [0.29, 0.717) is 5.69 Å². The van der Waals surface area contributed by atoms with Crippen molar-refractivity contribution in [3.05, 3.63) is 84.2 Å². The molecule has 3 aromatic rings. The lowest BCUT2D eigenvalue weighted by atomic mass is 9.98. The Balaban J connectivity index is 2.11. The molecular formula is C16H14FN3. The Labute approximate surface area is 116 Å². The van der Waals surface area contributed by atoms with Gasteiger partial charge in [0.25, 0.3) is 0 Å². The summed E-state index contributed by atoms with van der Waals surface area (Å²) in [5.74, 6) is -0.247. The Morgan fingerprint density at radius 2 is 1.85 bits per heavy atom. The fourth-order valence-corrected chi connectivity index (χ4v) is 2.31. The van der Waals surface area contributed by atoms with Gasteiger partial charge in [0.2, 0.25) is 0 Å². The molecule has 0 aliphatic rings. The van der Waals surface area contributed by atoms with Crippen LogP contribution in [0, 0.1) is 5.82 Å². The van der Waals surface area contributed by atoms with Gasteiger partial charge < -0.3 is 10.3 Å². The van der Waals surface area contributed by atoms with Gasteiger partial charge in [-0.15, -0.1) is 0 Å². The van der Waals surface area contributed by atoms with Crippen molar-refractivity contribution in [2.45, 2.75) is 6.04 Å². The number of aromatic nitrogens is 2. The van der Waals surface area contributed by atoms with Crippen molar-refractivity contribution in [1.29, 1.82) is 0 Å². The quantitative estimate of drug-likeness (QED) is 0.740. The van der Waals surface area contributed by atoms with Crippen molar-refractivity contribution in [3.63, 3.8) is 0 Å². The molecule has 0 spiro atoms. The number of hydrogen-bond donors (Lipinski definition) is 1. The Hall–Kier alpha value is -2.62. The van der Waals surface area contributed by atoms with E-state index in [1.165, 1.54) is 6.07 Å². The molecule has 1 aromatic heterocycles. The molecule has 1 unspecified atom stereocenters. The Morgan fingerprint density at radius 1 is 1.05 bits per heavy atom. The van der Waals surface area contributed by atoms with Gasteiger partial charge in [-0.05, 0) is 35.4 Å². The first-order valence-electron chi connectivity index (χ1n) is 6.32. The van der Waals surface area contributed by atoms with Gasteiger partial charge in [-0.3, -0.25) is 0 Å². The molecule has 100 valence electrons. The van der Waals surface area contributed by atoms with Crippen molar-refractivity contribution in [3.8, 4) is 0 Å². The average Bonchev–Trinajstić information content (AvgIpc) is 2.95. The Morgan fingerprint density at radius 3 is 2.50 bits per heavy atom. The molecule has 3 nitrogen and oxygen atoms in total. The largest absolute Gasteiger partial charge is 0.399 e. The van der Waals surface area contributed by atoms with E-state index in [0.717, 1.165) is 11.1 Å². The summed E-state index contributed by atoms with van der Waals surface area (Å²) < 4.78 is 15.4. The van der Waals surface area contributed by atoms with Crippen LogP contribution in [-0.2, 0) is 0 Å². The molecule has 1 heterocycles. The second-order valence-corrected chi connectivity index (χ2v) is 4.63. The maximum Gasteiger partial charge on any atom is 0.123 e. The second-order valence-electron chi connectivity index (χ2n) is 4.63. The number of benzene rings is 2. The van der Waals surface area contributed by atoms with Crippen molar-refractivity contribution < 1.29 is 4.39 Å². The summed E-state index contributed by atoms with van der Waals surface area (Å²) in [6.07, 6.45) is 5.31. The maximum atomic E-state index is 13.5. The average molecular weight is 267 g/mol. The smallest absolute Gasteiger partial charge is 0.123 e. The van der Waals surface area contributed by atoms with Crippen molar-refractivity contribution in [2.75, 3.05) is 5.73 Å². The lowest BCUT2D eigenvalue weighted by Crippen LogP contribution is -2.11. The number of nitrogens with zero attached hydrogens (tertiary/aromatic N) is 2. The van der Waals surface area contributed by atoms with Crippen LogP contribution in [0.2, 0.25) is 0 Å². The third-order valence-electron chi connectivity index (χ3n) is 3.24. The molecule has 0 aliphatic carbocycles. The first-order chi connectivity index (χ1) is 9.74. The fourth-order valence-electron chi connectivity index (χ4n) is 2.31. The van der Waals surface area contributed by atoms with Crippen molar-refractivity contribution >= 4 is 5.69 Å². The van der Waals surface area contributed by atoms with Crippen LogP contribution in [0.5, 0.6) is 0 Å². The fraction of sp³-hybridized carbons (Fsp3) is 0.0625. The first-order valence-corrected chi connectivity index (χ1v) is 6.32. The number of rotatable bonds is 3. The number of hydrogen-bond acceptors (Lipinski definition) is 2. The van der Waals surface area contributed by atoms with Crippen LogP contribution in [0.4, 0.5) is 10.1 Å². The van der Waals surface area contributed by atoms with Gasteiger partial charge in [0.05, 0.1) is 12.4 Å². The van der Waals surface area contributed by atoms with E-state index < -0.39 is 0 Å². The standard InChI is InChI=1S/C16H14FN3/c17-14-3-1-2-13(10-14)16(20-9-8-19-11-20)12-4-6-15(18)7-5-12/h1-11,16H,18H2. The van der Waals surface area contributed by atoms with Gasteiger partial charge >= 0.3 is 0 Å². The van der Waals surface area contributed by atoms with Crippen LogP contribution in [0.3, 0.4) is 0 Å². The number of nitrogen functional groups attached to an aromatic ring is 1. The van der Waals surface area contributed by atoms with Gasteiger partial charge in [-0.2, -0.15) is 0 Å². The highest BCUT2D eigenvalue weighted by Crippen LogP contribution is 2.27. The van der Waals surface area contributed by atoms with E-state index in [1.807, 2.05) is 41.1 Å². The van der Waals surface area contributed by atoms with E-state index in [9.17, 15) is 4.39 Å². The molecule has 0 bridgehead atoms. The summed E-state index contributed by atoms with van der Waals surface area (Å²) >= 11 is 0. The molecule has 2 N–H and O–H groups in total. The molecule has 4 heteroatoms. The van der Waals surface area contributed by atoms with Crippen LogP contribution >= 0.6 is 0 Å². The molecule has 0 radical (unpaired) electrons. The molecule has 0 saturated heterocycles. The molecule has 0 saturated carbocycles. The highest BCUT2D eigenvalue weighted by Gasteiger charge is 2.16. The summed E-state index contributed by atoms with van der Waals surface area (Å²) in [7, 11) is 0. The van der Waals surface area contributed by atoms with Crippen molar-refractivity contribution in [2.24, 2.45) is 0 Å². The van der Waals surface area contributed by atoms with Gasteiger partial charge in [-0.1, -0.05) is 24.3 Å². The highest BCUT2D eigenvalue weighted by molar-refractivity contribution is 5.42. The van der Waals surface area contributed by atoms with Gasteiger partial charge in [0.15, 0.2) is 0 Å². The summed E-state index contributed by atoms with van der Waals surface area (Å²) in [4.78, 5) is 4.08. The van der Waals surface area contributed by atoms with E-state index >= 15 is 0 Å². The molecule has 3 rings (SSSR count). The molecule has 2 aromatic carbocycles. The monoisotopic (exact) mass is 267 g/mol. The van der Waals surface area contributed by atoms with Crippen LogP contribution in [-0.4, -0.2) is 9.55 Å². The van der Waals surface area contributed by atoms with Crippen LogP contribution in [0.25, 0.3) is 0 Å². The van der Waals surface area contributed by atoms with E-state index in [-0.39, 0.29) is 11.9 Å². The highest BCUT2D eigenvalue weighted by atomic mass is 19.1. The summed E-state index contributed by atoms with van der Waals surface area (Å²) in [5.41, 5.74) is 8.33. The predicted molar refractivity (Wildman–Crippen MR) is 76.7 cm³/mol. The third kappa shape index (κ3) is 2.40. The molecule has 20 heavy (non-hydrogen) atoms. The normalized spacial score (nSPS) is 12.2. The Kier molecular flexibility index (Phi) is 3.21. The molecule has 0 fully saturated rings. The van der Waals surface area contributed by atoms with Crippen LogP contribution < -0.4 is 5.73 Å². The molecular weight excluding hydrogens is 253 g/mol. The summed E-state index contributed by atoms with van der Waals surface area (Å²) in [6.45, 7) is 0. The topological polar surface area (TPSA) is 43.8 Å². The minimum Gasteiger partial charge on any atom is -0.399 e. The number of imidazole rings is 1. The Bertz CT molecular complexity index is 690. The zero-order valence-corrected chi connectivity index (χ0v) is 10.8. The van der Waals surface area contributed by atoms with Crippen molar-refractivity contribution in [1.82, 2.24) is 9.55 Å². The predicted octanol–water partition coefficient (Wildman–Crippen LogP) is 3.24. The summed E-state index contributed by atoms with van der Waals surface area (Å²) in [5, 5.41) is 0. The zero-order valence-electron chi connectivity index (χ0n) is 10.8. The zero-order chi connectivity index (χ0) is 13.9. The van der Waals surface area contributed by atoms with Gasteiger partial charge in [0.1, 0.15) is 5.82 Å². The van der Waals surface area contributed by atoms with Gasteiger partial charge in [-0.25, -0.2) is 9.37 Å². The van der Waals surface area contributed by atoms with Crippen LogP contribution in [0.1, 0.15) is 17.2 Å². The summed E-state index contributed by atoms with van der Waals surface area (Å²) in [6, 6.07) is 14.1. The molecule has 1 atom stereocenters. The van der Waals surface area contributed by atoms with Crippen LogP contribution in [0.15, 0.2) is 67.3 Å².